The zero-order valence-corrected chi connectivity index (χ0v) is 11.6. The molecule has 0 aliphatic rings. The first-order valence-corrected chi connectivity index (χ1v) is 9.92. The number of hydrogen-bond donors (Lipinski definition) is 3. The molecule has 0 aliphatic heterocycles. The van der Waals surface area contributed by atoms with E-state index in [0.717, 1.165) is 38.9 Å². The molecule has 0 heterocycles. The van der Waals surface area contributed by atoms with Gasteiger partial charge in [0.2, 0.25) is 0 Å². The second-order valence-corrected chi connectivity index (χ2v) is 12.0. The van der Waals surface area contributed by atoms with Crippen molar-refractivity contribution in [3.63, 3.8) is 0 Å². The molecule has 0 spiro atoms. The molecule has 0 aromatic carbocycles. The van der Waals surface area contributed by atoms with Crippen molar-refractivity contribution >= 4 is 20.6 Å². The van der Waals surface area contributed by atoms with E-state index in [1.54, 1.807) is 0 Å². The van der Waals surface area contributed by atoms with Gasteiger partial charge in [-0.3, -0.25) is 0 Å². The average Bonchev–Trinajstić information content (AvgIpc) is 2.21. The number of hydrogen-bond acceptors (Lipinski definition) is 3. The third-order valence-electron chi connectivity index (χ3n) is 2.31. The summed E-state index contributed by atoms with van der Waals surface area (Å²) in [5.74, 6) is 0. The van der Waals surface area contributed by atoms with Crippen molar-refractivity contribution in [3.05, 3.63) is 0 Å². The summed E-state index contributed by atoms with van der Waals surface area (Å²) in [7, 11) is 0. The summed E-state index contributed by atoms with van der Waals surface area (Å²) in [6.45, 7) is 2.40. The first-order valence-electron chi connectivity index (χ1n) is 5.36. The Bertz CT molecular complexity index is 147. The first kappa shape index (κ1) is 14.8. The van der Waals surface area contributed by atoms with E-state index in [9.17, 15) is 0 Å². The van der Waals surface area contributed by atoms with Gasteiger partial charge in [-0.15, -0.1) is 0 Å². The SMILES string of the molecule is NCCCP(=[Se])(CCCN)CCCN. The fraction of sp³-hybridized carbons (Fsp3) is 1.00. The first-order chi connectivity index (χ1) is 6.68. The molecule has 5 heteroatoms. The van der Waals surface area contributed by atoms with E-state index in [2.05, 4.69) is 15.1 Å². The molecular formula is C9H24N3PSe. The monoisotopic (exact) mass is 285 g/mol. The Hall–Kier alpha value is 0.829. The van der Waals surface area contributed by atoms with E-state index >= 15 is 0 Å². The van der Waals surface area contributed by atoms with Crippen molar-refractivity contribution in [2.75, 3.05) is 38.1 Å². The Morgan fingerprint density at radius 1 is 0.714 bits per heavy atom. The van der Waals surface area contributed by atoms with Gasteiger partial charge in [-0.1, -0.05) is 0 Å². The molecule has 0 aromatic heterocycles. The molecule has 0 saturated carbocycles. The van der Waals surface area contributed by atoms with Crippen molar-refractivity contribution in [2.45, 2.75) is 19.3 Å². The maximum atomic E-state index is 5.55. The maximum absolute atomic E-state index is 5.55. The Morgan fingerprint density at radius 3 is 1.21 bits per heavy atom. The van der Waals surface area contributed by atoms with Crippen LogP contribution in [0.25, 0.3) is 0 Å². The van der Waals surface area contributed by atoms with Crippen LogP contribution >= 0.6 is 5.51 Å². The molecule has 0 saturated heterocycles. The van der Waals surface area contributed by atoms with Crippen LogP contribution in [-0.2, 0) is 0 Å². The summed E-state index contributed by atoms with van der Waals surface area (Å²) < 4.78 is 0. The Labute approximate surface area is 95.4 Å². The standard InChI is InChI=1S/C9H24N3PSe/c10-4-1-7-13(14,8-2-5-11)9-3-6-12/h1-12H2. The van der Waals surface area contributed by atoms with Crippen LogP contribution in [0, 0.1) is 0 Å². The molecule has 0 unspecified atom stereocenters. The van der Waals surface area contributed by atoms with Gasteiger partial charge in [0, 0.05) is 0 Å². The normalized spacial score (nSPS) is 11.9. The quantitative estimate of drug-likeness (QED) is 0.416. The second-order valence-electron chi connectivity index (χ2n) is 3.66. The van der Waals surface area contributed by atoms with Gasteiger partial charge in [0.1, 0.15) is 0 Å². The van der Waals surface area contributed by atoms with Gasteiger partial charge in [0.25, 0.3) is 0 Å². The summed E-state index contributed by atoms with van der Waals surface area (Å²) >= 11 is 3.44. The van der Waals surface area contributed by atoms with Crippen LogP contribution in [0.5, 0.6) is 0 Å². The summed E-state index contributed by atoms with van der Waals surface area (Å²) in [5.41, 5.74) is 15.8. The third kappa shape index (κ3) is 7.16. The van der Waals surface area contributed by atoms with Gasteiger partial charge >= 0.3 is 95.2 Å². The molecule has 0 aromatic rings. The van der Waals surface area contributed by atoms with Gasteiger partial charge in [-0.2, -0.15) is 0 Å². The van der Waals surface area contributed by atoms with E-state index in [0.29, 0.717) is 0 Å². The van der Waals surface area contributed by atoms with E-state index in [-0.39, 0.29) is 0 Å². The Balaban J connectivity index is 3.97. The molecule has 86 valence electrons. The summed E-state index contributed by atoms with van der Waals surface area (Å²) in [5, 5.41) is 0. The molecular weight excluding hydrogens is 260 g/mol. The van der Waals surface area contributed by atoms with Crippen LogP contribution in [0.15, 0.2) is 0 Å². The van der Waals surface area contributed by atoms with E-state index < -0.39 is 5.51 Å². The summed E-state index contributed by atoms with van der Waals surface area (Å²) in [6.07, 6.45) is 7.21. The Morgan fingerprint density at radius 2 is 1.00 bits per heavy atom. The van der Waals surface area contributed by atoms with E-state index in [1.165, 1.54) is 18.5 Å². The molecule has 0 bridgehead atoms. The molecule has 6 N–H and O–H groups in total. The van der Waals surface area contributed by atoms with Crippen molar-refractivity contribution in [1.29, 1.82) is 0 Å². The molecule has 0 amide bonds. The number of rotatable bonds is 9. The predicted octanol–water partition coefficient (Wildman–Crippen LogP) is 0.134. The van der Waals surface area contributed by atoms with Crippen molar-refractivity contribution in [1.82, 2.24) is 0 Å². The Kier molecular flexibility index (Phi) is 9.62. The molecule has 0 rings (SSSR count). The second kappa shape index (κ2) is 9.08. The van der Waals surface area contributed by atoms with Crippen LogP contribution in [-0.4, -0.2) is 53.2 Å². The minimum atomic E-state index is -0.884. The fourth-order valence-corrected chi connectivity index (χ4v) is 6.86. The minimum absolute atomic E-state index is 0.800. The van der Waals surface area contributed by atoms with Crippen LogP contribution in [0.3, 0.4) is 0 Å². The van der Waals surface area contributed by atoms with Crippen molar-refractivity contribution < 1.29 is 0 Å². The van der Waals surface area contributed by atoms with Gasteiger partial charge in [0.15, 0.2) is 0 Å². The molecule has 0 atom stereocenters. The van der Waals surface area contributed by atoms with Crippen LogP contribution in [0.4, 0.5) is 0 Å². The molecule has 0 aliphatic carbocycles. The van der Waals surface area contributed by atoms with Gasteiger partial charge in [0.05, 0.1) is 0 Å². The zero-order valence-electron chi connectivity index (χ0n) is 8.95. The molecule has 14 heavy (non-hydrogen) atoms. The van der Waals surface area contributed by atoms with Crippen LogP contribution in [0.1, 0.15) is 19.3 Å². The van der Waals surface area contributed by atoms with Crippen molar-refractivity contribution in [2.24, 2.45) is 17.2 Å². The van der Waals surface area contributed by atoms with Gasteiger partial charge in [-0.05, 0) is 0 Å². The average molecular weight is 284 g/mol. The third-order valence-corrected chi connectivity index (χ3v) is 9.15. The fourth-order valence-electron chi connectivity index (χ4n) is 1.47. The number of nitrogens with two attached hydrogens (primary N) is 3. The molecule has 0 radical (unpaired) electrons. The zero-order chi connectivity index (χ0) is 10.9. The topological polar surface area (TPSA) is 78.1 Å². The molecule has 0 fully saturated rings. The van der Waals surface area contributed by atoms with E-state index in [4.69, 9.17) is 17.2 Å². The van der Waals surface area contributed by atoms with Gasteiger partial charge < -0.3 is 0 Å². The van der Waals surface area contributed by atoms with Gasteiger partial charge in [-0.25, -0.2) is 0 Å². The van der Waals surface area contributed by atoms with E-state index in [1.807, 2.05) is 0 Å². The predicted molar refractivity (Wildman–Crippen MR) is 68.3 cm³/mol. The van der Waals surface area contributed by atoms with Crippen LogP contribution in [0.2, 0.25) is 0 Å². The molecule has 3 nitrogen and oxygen atoms in total. The van der Waals surface area contributed by atoms with Crippen LogP contribution < -0.4 is 17.2 Å². The van der Waals surface area contributed by atoms with Crippen molar-refractivity contribution in [3.8, 4) is 0 Å². The summed E-state index contributed by atoms with van der Waals surface area (Å²) in [4.78, 5) is 0. The summed E-state index contributed by atoms with van der Waals surface area (Å²) in [6, 6.07) is 0.